The Morgan fingerprint density at radius 3 is 2.92 bits per heavy atom. The van der Waals surface area contributed by atoms with Crippen molar-refractivity contribution in [3.05, 3.63) is 51.8 Å². The Morgan fingerprint density at radius 2 is 2.17 bits per heavy atom. The number of fused-ring (bicyclic) bond motifs is 1. The normalized spacial score (nSPS) is 15.8. The van der Waals surface area contributed by atoms with Crippen molar-refractivity contribution in [2.24, 2.45) is 7.05 Å². The molecule has 0 unspecified atom stereocenters. The van der Waals surface area contributed by atoms with Crippen LogP contribution >= 0.6 is 0 Å². The molecule has 0 aliphatic carbocycles. The second-order valence-corrected chi connectivity index (χ2v) is 6.07. The zero-order chi connectivity index (χ0) is 17.1. The molecule has 3 rings (SSSR count). The van der Waals surface area contributed by atoms with Gasteiger partial charge in [0.15, 0.2) is 0 Å². The molecule has 2 aromatic rings. The molecule has 1 aliphatic heterocycles. The van der Waals surface area contributed by atoms with Crippen LogP contribution in [0.2, 0.25) is 0 Å². The summed E-state index contributed by atoms with van der Waals surface area (Å²) in [6.07, 6.45) is 1.74. The number of hydrogen-bond donors (Lipinski definition) is 2. The zero-order valence-electron chi connectivity index (χ0n) is 13.6. The molecule has 0 saturated heterocycles. The summed E-state index contributed by atoms with van der Waals surface area (Å²) < 4.78 is 1.54. The van der Waals surface area contributed by atoms with E-state index in [4.69, 9.17) is 0 Å². The molecule has 8 nitrogen and oxygen atoms in total. The fraction of sp³-hybridized carbons (Fsp3) is 0.438. The molecule has 24 heavy (non-hydrogen) atoms. The first-order valence-corrected chi connectivity index (χ1v) is 7.91. The first-order valence-electron chi connectivity index (χ1n) is 7.91. The van der Waals surface area contributed by atoms with Gasteiger partial charge in [-0.05, 0) is 27.5 Å². The van der Waals surface area contributed by atoms with Gasteiger partial charge in [-0.3, -0.25) is 9.47 Å². The Hall–Kier alpha value is -2.45. The van der Waals surface area contributed by atoms with Crippen molar-refractivity contribution in [1.29, 1.82) is 0 Å². The lowest BCUT2D eigenvalue weighted by Gasteiger charge is -2.30. The standard InChI is InChI=1S/C16H21N5O3/c1-19-11-18-16(21(23)24)15(19)17-8-14(22)10-20-7-6-12-4-2-3-5-13(12)9-20/h2-5,11,14,17,22H,6-10H2,1H3/t14-/m0/s1. The fourth-order valence-corrected chi connectivity index (χ4v) is 3.04. The topological polar surface area (TPSA) is 96.5 Å². The molecule has 1 aromatic carbocycles. The summed E-state index contributed by atoms with van der Waals surface area (Å²) in [6, 6.07) is 8.34. The van der Waals surface area contributed by atoms with Crippen LogP contribution in [0.15, 0.2) is 30.6 Å². The molecule has 0 saturated carbocycles. The number of hydrogen-bond acceptors (Lipinski definition) is 6. The van der Waals surface area contributed by atoms with Crippen LogP contribution < -0.4 is 5.32 Å². The van der Waals surface area contributed by atoms with Gasteiger partial charge in [0, 0.05) is 33.2 Å². The SMILES string of the molecule is Cn1cnc([N+](=O)[O-])c1NC[C@H](O)CN1CCc2ccccc2C1. The zero-order valence-corrected chi connectivity index (χ0v) is 13.6. The summed E-state index contributed by atoms with van der Waals surface area (Å²) >= 11 is 0. The van der Waals surface area contributed by atoms with E-state index in [1.54, 1.807) is 11.6 Å². The number of aliphatic hydroxyl groups is 1. The molecular weight excluding hydrogens is 310 g/mol. The second kappa shape index (κ2) is 6.98. The maximum atomic E-state index is 10.9. The van der Waals surface area contributed by atoms with Crippen LogP contribution in [0, 0.1) is 10.1 Å². The summed E-state index contributed by atoms with van der Waals surface area (Å²) in [7, 11) is 1.68. The van der Waals surface area contributed by atoms with E-state index in [1.165, 1.54) is 17.5 Å². The number of nitrogens with one attached hydrogen (secondary N) is 1. The number of aryl methyl sites for hydroxylation is 1. The number of β-amino-alcohol motifs (C(OH)–C–C–N with tert-alkyl or cyclic N) is 1. The molecule has 2 heterocycles. The largest absolute Gasteiger partial charge is 0.406 e. The van der Waals surface area contributed by atoms with Gasteiger partial charge in [-0.15, -0.1) is 0 Å². The Balaban J connectivity index is 1.55. The quantitative estimate of drug-likeness (QED) is 0.609. The highest BCUT2D eigenvalue weighted by molar-refractivity contribution is 5.52. The number of nitro groups is 1. The van der Waals surface area contributed by atoms with Gasteiger partial charge in [0.25, 0.3) is 0 Å². The lowest BCUT2D eigenvalue weighted by Crippen LogP contribution is -2.39. The maximum Gasteiger partial charge on any atom is 0.406 e. The van der Waals surface area contributed by atoms with E-state index in [0.717, 1.165) is 19.5 Å². The van der Waals surface area contributed by atoms with Gasteiger partial charge in [-0.1, -0.05) is 24.3 Å². The van der Waals surface area contributed by atoms with Crippen LogP contribution in [0.4, 0.5) is 11.6 Å². The summed E-state index contributed by atoms with van der Waals surface area (Å²) in [5.74, 6) is 0.0830. The number of rotatable bonds is 6. The third-order valence-corrected chi connectivity index (χ3v) is 4.27. The van der Waals surface area contributed by atoms with Crippen molar-refractivity contribution < 1.29 is 10.0 Å². The molecule has 0 radical (unpaired) electrons. The van der Waals surface area contributed by atoms with Gasteiger partial charge < -0.3 is 20.5 Å². The molecule has 0 bridgehead atoms. The minimum absolute atomic E-state index is 0.225. The van der Waals surface area contributed by atoms with Crippen LogP contribution in [0.25, 0.3) is 0 Å². The lowest BCUT2D eigenvalue weighted by molar-refractivity contribution is -0.388. The Labute approximate surface area is 139 Å². The van der Waals surface area contributed by atoms with Crippen LogP contribution in [-0.4, -0.2) is 50.2 Å². The maximum absolute atomic E-state index is 10.9. The van der Waals surface area contributed by atoms with Gasteiger partial charge in [0.05, 0.1) is 6.10 Å². The van der Waals surface area contributed by atoms with E-state index in [-0.39, 0.29) is 12.4 Å². The summed E-state index contributed by atoms with van der Waals surface area (Å²) in [5, 5.41) is 24.1. The Kier molecular flexibility index (Phi) is 4.77. The number of nitrogens with zero attached hydrogens (tertiary/aromatic N) is 4. The summed E-state index contributed by atoms with van der Waals surface area (Å²) in [6.45, 7) is 2.48. The molecule has 1 aliphatic rings. The minimum Gasteiger partial charge on any atom is -0.390 e. The highest BCUT2D eigenvalue weighted by Gasteiger charge is 2.22. The summed E-state index contributed by atoms with van der Waals surface area (Å²) in [4.78, 5) is 16.3. The van der Waals surface area contributed by atoms with Crippen LogP contribution in [0.3, 0.4) is 0 Å². The van der Waals surface area contributed by atoms with Crippen molar-refractivity contribution in [3.63, 3.8) is 0 Å². The van der Waals surface area contributed by atoms with Gasteiger partial charge in [-0.25, -0.2) is 0 Å². The number of aliphatic hydroxyl groups excluding tert-OH is 1. The van der Waals surface area contributed by atoms with Crippen molar-refractivity contribution in [2.45, 2.75) is 19.1 Å². The number of aromatic nitrogens is 2. The van der Waals surface area contributed by atoms with Crippen LogP contribution in [0.5, 0.6) is 0 Å². The summed E-state index contributed by atoms with van der Waals surface area (Å²) in [5.41, 5.74) is 2.66. The number of benzene rings is 1. The van der Waals surface area contributed by atoms with E-state index >= 15 is 0 Å². The third kappa shape index (κ3) is 3.55. The Bertz CT molecular complexity index is 730. The van der Waals surface area contributed by atoms with Crippen LogP contribution in [0.1, 0.15) is 11.1 Å². The minimum atomic E-state index is -0.621. The molecule has 0 fully saturated rings. The number of anilines is 1. The highest BCUT2D eigenvalue weighted by Crippen LogP contribution is 2.21. The van der Waals surface area contributed by atoms with Gasteiger partial charge in [0.2, 0.25) is 12.1 Å². The average molecular weight is 331 g/mol. The van der Waals surface area contributed by atoms with Crippen molar-refractivity contribution >= 4 is 11.6 Å². The van der Waals surface area contributed by atoms with E-state index in [0.29, 0.717) is 12.4 Å². The molecule has 8 heteroatoms. The van der Waals surface area contributed by atoms with Crippen molar-refractivity contribution in [3.8, 4) is 0 Å². The van der Waals surface area contributed by atoms with Gasteiger partial charge in [0.1, 0.15) is 0 Å². The van der Waals surface area contributed by atoms with Gasteiger partial charge >= 0.3 is 5.82 Å². The van der Waals surface area contributed by atoms with Crippen molar-refractivity contribution in [2.75, 3.05) is 25.0 Å². The first-order chi connectivity index (χ1) is 11.5. The van der Waals surface area contributed by atoms with E-state index in [2.05, 4.69) is 27.3 Å². The number of imidazole rings is 1. The van der Waals surface area contributed by atoms with Crippen LogP contribution in [-0.2, 0) is 20.0 Å². The van der Waals surface area contributed by atoms with E-state index in [9.17, 15) is 15.2 Å². The molecule has 128 valence electrons. The Morgan fingerprint density at radius 1 is 1.42 bits per heavy atom. The molecule has 1 atom stereocenters. The average Bonchev–Trinajstić information content (AvgIpc) is 2.94. The predicted octanol–water partition coefficient (Wildman–Crippen LogP) is 1.16. The predicted molar refractivity (Wildman–Crippen MR) is 89.8 cm³/mol. The third-order valence-electron chi connectivity index (χ3n) is 4.27. The molecule has 0 amide bonds. The van der Waals surface area contributed by atoms with E-state index in [1.807, 2.05) is 12.1 Å². The smallest absolute Gasteiger partial charge is 0.390 e. The molecule has 2 N–H and O–H groups in total. The van der Waals surface area contributed by atoms with E-state index < -0.39 is 11.0 Å². The lowest BCUT2D eigenvalue weighted by atomic mass is 10.00. The second-order valence-electron chi connectivity index (χ2n) is 6.07. The molecule has 1 aromatic heterocycles. The van der Waals surface area contributed by atoms with Gasteiger partial charge in [-0.2, -0.15) is 0 Å². The first kappa shape index (κ1) is 16.4. The molecule has 0 spiro atoms. The molecular formula is C16H21N5O3. The van der Waals surface area contributed by atoms with Crippen molar-refractivity contribution in [1.82, 2.24) is 14.5 Å². The highest BCUT2D eigenvalue weighted by atomic mass is 16.6. The monoisotopic (exact) mass is 331 g/mol. The fourth-order valence-electron chi connectivity index (χ4n) is 3.04.